The lowest BCUT2D eigenvalue weighted by molar-refractivity contribution is -0.277. The van der Waals surface area contributed by atoms with E-state index in [-0.39, 0.29) is 0 Å². The van der Waals surface area contributed by atoms with Crippen LogP contribution in [-0.4, -0.2) is 12.1 Å². The van der Waals surface area contributed by atoms with E-state index in [1.165, 1.54) is 0 Å². The van der Waals surface area contributed by atoms with Crippen LogP contribution in [0.3, 0.4) is 0 Å². The van der Waals surface area contributed by atoms with E-state index in [1.807, 2.05) is 0 Å². The molecule has 1 radical (unpaired) electrons. The van der Waals surface area contributed by atoms with E-state index < -0.39 is 23.9 Å². The molecule has 5 heteroatoms. The van der Waals surface area contributed by atoms with E-state index in [0.717, 1.165) is 26.2 Å². The van der Waals surface area contributed by atoms with Crippen molar-refractivity contribution < 1.29 is 22.0 Å². The van der Waals surface area contributed by atoms with E-state index in [9.17, 15) is 22.0 Å². The fourth-order valence-electron chi connectivity index (χ4n) is 2.02. The van der Waals surface area contributed by atoms with Crippen molar-refractivity contribution in [3.8, 4) is 0 Å². The lowest BCUT2D eigenvalue weighted by Crippen LogP contribution is -2.44. The zero-order chi connectivity index (χ0) is 11.7. The molecule has 0 unspecified atom stereocenters. The smallest absolute Gasteiger partial charge is 0.196 e. The SMILES string of the molecule is C[C](C1CCCCC1)C(F)(F)C(F)(F)F. The molecule has 1 rings (SSSR count). The van der Waals surface area contributed by atoms with Crippen LogP contribution in [0, 0.1) is 11.8 Å². The summed E-state index contributed by atoms with van der Waals surface area (Å²) >= 11 is 0. The standard InChI is InChI=1S/C10H14F5/c1-7(8-5-3-2-4-6-8)9(11,12)10(13,14)15/h8H,2-6H2,1H3. The molecule has 0 amide bonds. The van der Waals surface area contributed by atoms with Crippen molar-refractivity contribution in [3.05, 3.63) is 5.92 Å². The topological polar surface area (TPSA) is 0 Å². The van der Waals surface area contributed by atoms with Crippen molar-refractivity contribution in [3.63, 3.8) is 0 Å². The minimum atomic E-state index is -5.45. The highest BCUT2D eigenvalue weighted by molar-refractivity contribution is 5.08. The van der Waals surface area contributed by atoms with Crippen molar-refractivity contribution in [1.29, 1.82) is 0 Å². The van der Waals surface area contributed by atoms with E-state index in [4.69, 9.17) is 0 Å². The van der Waals surface area contributed by atoms with Crippen LogP contribution < -0.4 is 0 Å². The van der Waals surface area contributed by atoms with Gasteiger partial charge in [-0.15, -0.1) is 0 Å². The Hall–Kier alpha value is -0.350. The molecule has 1 fully saturated rings. The zero-order valence-corrected chi connectivity index (χ0v) is 8.50. The lowest BCUT2D eigenvalue weighted by Gasteiger charge is -2.33. The number of hydrogen-bond donors (Lipinski definition) is 0. The Morgan fingerprint density at radius 2 is 1.40 bits per heavy atom. The Balaban J connectivity index is 2.69. The van der Waals surface area contributed by atoms with Gasteiger partial charge in [-0.05, 0) is 18.8 Å². The van der Waals surface area contributed by atoms with Gasteiger partial charge in [-0.2, -0.15) is 22.0 Å². The van der Waals surface area contributed by atoms with Crippen LogP contribution in [0.1, 0.15) is 39.0 Å². The maximum Gasteiger partial charge on any atom is 0.453 e. The lowest BCUT2D eigenvalue weighted by atomic mass is 9.78. The molecule has 15 heavy (non-hydrogen) atoms. The second kappa shape index (κ2) is 4.26. The molecule has 89 valence electrons. The first-order valence-corrected chi connectivity index (χ1v) is 5.05. The first-order chi connectivity index (χ1) is 6.77. The third kappa shape index (κ3) is 2.61. The molecule has 0 aromatic heterocycles. The first kappa shape index (κ1) is 12.7. The summed E-state index contributed by atoms with van der Waals surface area (Å²) in [6.07, 6.45) is -2.11. The van der Waals surface area contributed by atoms with Gasteiger partial charge in [-0.25, -0.2) is 0 Å². The summed E-state index contributed by atoms with van der Waals surface area (Å²) in [4.78, 5) is 0. The van der Waals surface area contributed by atoms with Crippen molar-refractivity contribution in [2.24, 2.45) is 5.92 Å². The molecule has 0 spiro atoms. The summed E-state index contributed by atoms with van der Waals surface area (Å²) in [7, 11) is 0. The molecule has 0 bridgehead atoms. The summed E-state index contributed by atoms with van der Waals surface area (Å²) in [5.41, 5.74) is 0. The van der Waals surface area contributed by atoms with Crippen LogP contribution in [0.25, 0.3) is 0 Å². The molecule has 1 aliphatic carbocycles. The molecular weight excluding hydrogens is 215 g/mol. The molecule has 0 atom stereocenters. The predicted octanol–water partition coefficient (Wildman–Crippen LogP) is 4.36. The minimum Gasteiger partial charge on any atom is -0.196 e. The quantitative estimate of drug-likeness (QED) is 0.617. The van der Waals surface area contributed by atoms with Crippen LogP contribution in [0.2, 0.25) is 0 Å². The highest BCUT2D eigenvalue weighted by Gasteiger charge is 2.62. The Bertz CT molecular complexity index is 202. The molecule has 0 heterocycles. The molecule has 1 aliphatic rings. The summed E-state index contributed by atoms with van der Waals surface area (Å²) in [6.45, 7) is 0.934. The van der Waals surface area contributed by atoms with Gasteiger partial charge in [0, 0.05) is 0 Å². The molecule has 0 aliphatic heterocycles. The Labute approximate surface area is 85.8 Å². The average Bonchev–Trinajstić information content (AvgIpc) is 2.16. The van der Waals surface area contributed by atoms with Crippen LogP contribution in [-0.2, 0) is 0 Å². The molecule has 0 nitrogen and oxygen atoms in total. The highest BCUT2D eigenvalue weighted by Crippen LogP contribution is 2.48. The minimum absolute atomic E-state index is 0.456. The Morgan fingerprint density at radius 1 is 0.933 bits per heavy atom. The van der Waals surface area contributed by atoms with E-state index in [1.54, 1.807) is 0 Å². The summed E-state index contributed by atoms with van der Waals surface area (Å²) in [5, 5.41) is 0. The summed E-state index contributed by atoms with van der Waals surface area (Å²) in [5.74, 6) is -5.92. The van der Waals surface area contributed by atoms with Gasteiger partial charge in [0.2, 0.25) is 0 Å². The number of rotatable bonds is 2. The number of halogens is 5. The van der Waals surface area contributed by atoms with Crippen LogP contribution >= 0.6 is 0 Å². The van der Waals surface area contributed by atoms with E-state index in [2.05, 4.69) is 0 Å². The second-order valence-electron chi connectivity index (χ2n) is 4.09. The Kier molecular flexibility index (Phi) is 3.61. The van der Waals surface area contributed by atoms with Crippen molar-refractivity contribution in [2.75, 3.05) is 0 Å². The van der Waals surface area contributed by atoms with Crippen LogP contribution in [0.4, 0.5) is 22.0 Å². The van der Waals surface area contributed by atoms with Gasteiger partial charge in [-0.1, -0.05) is 26.2 Å². The van der Waals surface area contributed by atoms with E-state index >= 15 is 0 Å². The van der Waals surface area contributed by atoms with E-state index in [0.29, 0.717) is 12.8 Å². The van der Waals surface area contributed by atoms with Gasteiger partial charge in [0.1, 0.15) is 0 Å². The molecule has 0 aromatic carbocycles. The van der Waals surface area contributed by atoms with Crippen molar-refractivity contribution >= 4 is 0 Å². The fraction of sp³-hybridized carbons (Fsp3) is 0.900. The Morgan fingerprint density at radius 3 is 1.80 bits per heavy atom. The van der Waals surface area contributed by atoms with Gasteiger partial charge in [0.15, 0.2) is 0 Å². The molecule has 0 aromatic rings. The maximum absolute atomic E-state index is 12.9. The van der Waals surface area contributed by atoms with Crippen molar-refractivity contribution in [1.82, 2.24) is 0 Å². The highest BCUT2D eigenvalue weighted by atomic mass is 19.4. The largest absolute Gasteiger partial charge is 0.453 e. The van der Waals surface area contributed by atoms with Gasteiger partial charge < -0.3 is 0 Å². The number of alkyl halides is 5. The zero-order valence-electron chi connectivity index (χ0n) is 8.50. The fourth-order valence-corrected chi connectivity index (χ4v) is 2.02. The van der Waals surface area contributed by atoms with Gasteiger partial charge in [-0.3, -0.25) is 0 Å². The normalized spacial score (nSPS) is 21.0. The monoisotopic (exact) mass is 229 g/mol. The molecule has 0 N–H and O–H groups in total. The van der Waals surface area contributed by atoms with Gasteiger partial charge in [0.05, 0.1) is 5.92 Å². The van der Waals surface area contributed by atoms with Crippen molar-refractivity contribution in [2.45, 2.75) is 51.1 Å². The number of hydrogen-bond acceptors (Lipinski definition) is 0. The predicted molar refractivity (Wildman–Crippen MR) is 46.5 cm³/mol. The van der Waals surface area contributed by atoms with Crippen LogP contribution in [0.5, 0.6) is 0 Å². The maximum atomic E-state index is 12.9. The van der Waals surface area contributed by atoms with Crippen LogP contribution in [0.15, 0.2) is 0 Å². The summed E-state index contributed by atoms with van der Waals surface area (Å²) < 4.78 is 62.1. The molecule has 0 saturated heterocycles. The molecule has 1 saturated carbocycles. The second-order valence-corrected chi connectivity index (χ2v) is 4.09. The third-order valence-electron chi connectivity index (χ3n) is 3.07. The molecular formula is C10H14F5. The van der Waals surface area contributed by atoms with Gasteiger partial charge in [0.25, 0.3) is 0 Å². The summed E-state index contributed by atoms with van der Waals surface area (Å²) in [6, 6.07) is 0. The average molecular weight is 229 g/mol. The third-order valence-corrected chi connectivity index (χ3v) is 3.07. The first-order valence-electron chi connectivity index (χ1n) is 5.05. The van der Waals surface area contributed by atoms with Gasteiger partial charge >= 0.3 is 12.1 Å².